The van der Waals surface area contributed by atoms with Gasteiger partial charge in [0.05, 0.1) is 10.9 Å². The average molecular weight is 467 g/mol. The topological polar surface area (TPSA) is 105 Å². The van der Waals surface area contributed by atoms with Crippen molar-refractivity contribution < 1.29 is 17.9 Å². The number of carbonyl (C=O) groups is 1. The molecule has 10 heteroatoms. The minimum absolute atomic E-state index is 0.00899. The van der Waals surface area contributed by atoms with Crippen LogP contribution in [0, 0.1) is 0 Å². The van der Waals surface area contributed by atoms with E-state index in [4.69, 9.17) is 21.5 Å². The van der Waals surface area contributed by atoms with Gasteiger partial charge in [-0.05, 0) is 55.5 Å². The molecular weight excluding hydrogens is 440 g/mol. The number of carbonyl (C=O) groups excluding carboxylic acids is 1. The van der Waals surface area contributed by atoms with E-state index in [2.05, 4.69) is 15.1 Å². The lowest BCUT2D eigenvalue weighted by molar-refractivity contribution is -0.121. The molecule has 168 valence electrons. The lowest BCUT2D eigenvalue weighted by Crippen LogP contribution is -2.53. The van der Waals surface area contributed by atoms with E-state index in [1.165, 1.54) is 24.3 Å². The van der Waals surface area contributed by atoms with Crippen LogP contribution in [0.25, 0.3) is 0 Å². The molecule has 3 rings (SSSR count). The molecule has 0 bridgehead atoms. The third kappa shape index (κ3) is 6.91. The summed E-state index contributed by atoms with van der Waals surface area (Å²) in [5.74, 6) is 0.660. The van der Waals surface area contributed by atoms with Gasteiger partial charge in [-0.15, -0.1) is 0 Å². The number of hydrogen-bond acceptors (Lipinski definition) is 6. The Morgan fingerprint density at radius 3 is 2.29 bits per heavy atom. The van der Waals surface area contributed by atoms with Crippen molar-refractivity contribution in [2.75, 3.05) is 44.6 Å². The summed E-state index contributed by atoms with van der Waals surface area (Å²) in [5.41, 5.74) is 0.530. The molecule has 1 amide bonds. The average Bonchev–Trinajstić information content (AvgIpc) is 2.75. The van der Waals surface area contributed by atoms with Gasteiger partial charge in [0.2, 0.25) is 15.9 Å². The molecule has 0 radical (unpaired) electrons. The summed E-state index contributed by atoms with van der Waals surface area (Å²) in [6.45, 7) is 6.53. The third-order valence-electron chi connectivity index (χ3n) is 5.27. The molecule has 1 aliphatic heterocycles. The minimum atomic E-state index is -3.75. The number of rotatable bonds is 8. The summed E-state index contributed by atoms with van der Waals surface area (Å²) in [6.07, 6.45) is 0. The maximum atomic E-state index is 12.6. The normalized spacial score (nSPS) is 16.6. The van der Waals surface area contributed by atoms with Crippen molar-refractivity contribution in [1.29, 1.82) is 0 Å². The Bertz CT molecular complexity index is 975. The van der Waals surface area contributed by atoms with Crippen LogP contribution < -0.4 is 15.2 Å². The first-order valence-corrected chi connectivity index (χ1v) is 11.9. The monoisotopic (exact) mass is 466 g/mol. The number of nitrogens with one attached hydrogen (secondary N) is 1. The summed E-state index contributed by atoms with van der Waals surface area (Å²) in [4.78, 5) is 17.0. The Kier molecular flexibility index (Phi) is 7.90. The van der Waals surface area contributed by atoms with Crippen molar-refractivity contribution in [3.8, 4) is 5.75 Å². The number of amides is 1. The van der Waals surface area contributed by atoms with Crippen molar-refractivity contribution in [2.45, 2.75) is 17.9 Å². The van der Waals surface area contributed by atoms with Crippen molar-refractivity contribution >= 4 is 33.2 Å². The number of primary sulfonamides is 1. The van der Waals surface area contributed by atoms with Gasteiger partial charge in [0, 0.05) is 43.4 Å². The van der Waals surface area contributed by atoms with Gasteiger partial charge in [-0.2, -0.15) is 0 Å². The number of ether oxygens (including phenoxy) is 1. The number of benzene rings is 2. The van der Waals surface area contributed by atoms with Crippen LogP contribution in [0.1, 0.15) is 6.92 Å². The Morgan fingerprint density at radius 2 is 1.71 bits per heavy atom. The molecule has 1 heterocycles. The highest BCUT2D eigenvalue weighted by Gasteiger charge is 2.25. The number of sulfonamides is 1. The highest BCUT2D eigenvalue weighted by molar-refractivity contribution is 7.89. The van der Waals surface area contributed by atoms with Crippen LogP contribution in [0.15, 0.2) is 53.4 Å². The molecule has 0 aromatic heterocycles. The fourth-order valence-electron chi connectivity index (χ4n) is 3.34. The van der Waals surface area contributed by atoms with Gasteiger partial charge in [0.1, 0.15) is 12.4 Å². The zero-order valence-electron chi connectivity index (χ0n) is 17.3. The first-order chi connectivity index (χ1) is 14.7. The molecule has 1 aliphatic rings. The molecule has 3 N–H and O–H groups in total. The number of hydrogen-bond donors (Lipinski definition) is 2. The van der Waals surface area contributed by atoms with Crippen LogP contribution in [0.4, 0.5) is 5.69 Å². The molecule has 31 heavy (non-hydrogen) atoms. The lowest BCUT2D eigenvalue weighted by atomic mass is 10.2. The molecular formula is C21H27ClN4O4S. The Labute approximate surface area is 188 Å². The van der Waals surface area contributed by atoms with Gasteiger partial charge < -0.3 is 10.1 Å². The summed E-state index contributed by atoms with van der Waals surface area (Å²) in [5, 5.41) is 8.60. The van der Waals surface area contributed by atoms with Crippen LogP contribution in [-0.2, 0) is 14.8 Å². The van der Waals surface area contributed by atoms with Gasteiger partial charge in [-0.25, -0.2) is 13.6 Å². The molecule has 0 spiro atoms. The van der Waals surface area contributed by atoms with Gasteiger partial charge in [0.25, 0.3) is 0 Å². The van der Waals surface area contributed by atoms with E-state index in [0.29, 0.717) is 17.3 Å². The summed E-state index contributed by atoms with van der Waals surface area (Å²) in [7, 11) is -3.75. The van der Waals surface area contributed by atoms with Crippen molar-refractivity contribution in [3.05, 3.63) is 53.6 Å². The van der Waals surface area contributed by atoms with E-state index in [1.54, 1.807) is 12.1 Å². The second-order valence-corrected chi connectivity index (χ2v) is 9.41. The smallest absolute Gasteiger partial charge is 0.241 e. The van der Waals surface area contributed by atoms with Crippen molar-refractivity contribution in [2.24, 2.45) is 5.14 Å². The first-order valence-electron chi connectivity index (χ1n) is 10.0. The molecule has 8 nitrogen and oxygen atoms in total. The highest BCUT2D eigenvalue weighted by Crippen LogP contribution is 2.16. The maximum absolute atomic E-state index is 12.6. The first kappa shape index (κ1) is 23.5. The van der Waals surface area contributed by atoms with Gasteiger partial charge in [-0.3, -0.25) is 14.6 Å². The van der Waals surface area contributed by atoms with Crippen molar-refractivity contribution in [3.63, 3.8) is 0 Å². The molecule has 1 atom stereocenters. The number of halogens is 1. The maximum Gasteiger partial charge on any atom is 0.241 e. The number of piperazine rings is 1. The largest absolute Gasteiger partial charge is 0.492 e. The van der Waals surface area contributed by atoms with Crippen LogP contribution in [0.2, 0.25) is 5.02 Å². The zero-order chi connectivity index (χ0) is 22.4. The minimum Gasteiger partial charge on any atom is -0.492 e. The molecule has 0 aliphatic carbocycles. The predicted octanol–water partition coefficient (Wildman–Crippen LogP) is 2.01. The van der Waals surface area contributed by atoms with Crippen LogP contribution in [0.5, 0.6) is 5.75 Å². The molecule has 0 saturated carbocycles. The predicted molar refractivity (Wildman–Crippen MR) is 121 cm³/mol. The lowest BCUT2D eigenvalue weighted by Gasteiger charge is -2.37. The highest BCUT2D eigenvalue weighted by atomic mass is 35.5. The molecule has 2 aromatic rings. The second-order valence-electron chi connectivity index (χ2n) is 7.41. The Morgan fingerprint density at radius 1 is 1.10 bits per heavy atom. The van der Waals surface area contributed by atoms with Crippen molar-refractivity contribution in [1.82, 2.24) is 9.80 Å². The van der Waals surface area contributed by atoms with Gasteiger partial charge in [-0.1, -0.05) is 11.6 Å². The van der Waals surface area contributed by atoms with Crippen LogP contribution >= 0.6 is 11.6 Å². The second kappa shape index (κ2) is 10.4. The van der Waals surface area contributed by atoms with Gasteiger partial charge >= 0.3 is 0 Å². The molecule has 1 fully saturated rings. The van der Waals surface area contributed by atoms with E-state index in [-0.39, 0.29) is 16.8 Å². The summed E-state index contributed by atoms with van der Waals surface area (Å²) in [6, 6.07) is 12.8. The SMILES string of the molecule is CC(C(=O)Nc1ccc(S(N)(=O)=O)cc1)N1CCN(CCOc2ccc(Cl)cc2)CC1. The third-order valence-corrected chi connectivity index (χ3v) is 6.46. The molecule has 2 aromatic carbocycles. The van der Waals surface area contributed by atoms with E-state index < -0.39 is 10.0 Å². The Balaban J connectivity index is 1.41. The van der Waals surface area contributed by atoms with Crippen LogP contribution in [-0.4, -0.2) is 69.5 Å². The summed E-state index contributed by atoms with van der Waals surface area (Å²) >= 11 is 5.87. The number of nitrogens with zero attached hydrogens (tertiary/aromatic N) is 2. The number of anilines is 1. The van der Waals surface area contributed by atoms with Crippen LogP contribution in [0.3, 0.4) is 0 Å². The van der Waals surface area contributed by atoms with E-state index in [9.17, 15) is 13.2 Å². The number of nitrogens with two attached hydrogens (primary N) is 1. The standard InChI is InChI=1S/C21H27ClN4O4S/c1-16(21(27)24-18-4-8-20(9-5-18)31(23,28)29)26-12-10-25(11-13-26)14-15-30-19-6-2-17(22)3-7-19/h2-9,16H,10-15H2,1H3,(H,24,27)(H2,23,28,29). The Hall–Kier alpha value is -2.17. The molecule has 1 saturated heterocycles. The fourth-order valence-corrected chi connectivity index (χ4v) is 3.98. The molecule has 1 unspecified atom stereocenters. The van der Waals surface area contributed by atoms with E-state index in [1.807, 2.05) is 19.1 Å². The van der Waals surface area contributed by atoms with Gasteiger partial charge in [0.15, 0.2) is 0 Å². The van der Waals surface area contributed by atoms with E-state index >= 15 is 0 Å². The zero-order valence-corrected chi connectivity index (χ0v) is 18.9. The van der Waals surface area contributed by atoms with E-state index in [0.717, 1.165) is 38.5 Å². The summed E-state index contributed by atoms with van der Waals surface area (Å²) < 4.78 is 28.4. The fraction of sp³-hybridized carbons (Fsp3) is 0.381. The quantitative estimate of drug-likeness (QED) is 0.616.